The Morgan fingerprint density at radius 1 is 0.974 bits per heavy atom. The van der Waals surface area contributed by atoms with E-state index >= 15 is 0 Å². The highest BCUT2D eigenvalue weighted by Gasteiger charge is 2.26. The summed E-state index contributed by atoms with van der Waals surface area (Å²) in [4.78, 5) is 15.8. The first-order valence-corrected chi connectivity index (χ1v) is 13.1. The first kappa shape index (κ1) is 27.5. The van der Waals surface area contributed by atoms with Gasteiger partial charge in [-0.3, -0.25) is 15.0 Å². The van der Waals surface area contributed by atoms with Crippen molar-refractivity contribution >= 4 is 17.6 Å². The topological polar surface area (TPSA) is 82.3 Å². The van der Waals surface area contributed by atoms with Gasteiger partial charge in [0.15, 0.2) is 0 Å². The third-order valence-corrected chi connectivity index (χ3v) is 6.79. The Bertz CT molecular complexity index is 1220. The number of halogens is 1. The number of carbonyl (C=O) groups is 1. The molecule has 0 spiro atoms. The second-order valence-corrected chi connectivity index (χ2v) is 9.56. The van der Waals surface area contributed by atoms with Crippen molar-refractivity contribution in [1.82, 2.24) is 14.9 Å². The van der Waals surface area contributed by atoms with Crippen molar-refractivity contribution in [2.75, 3.05) is 45.9 Å². The summed E-state index contributed by atoms with van der Waals surface area (Å²) in [5.41, 5.74) is 8.35. The van der Waals surface area contributed by atoms with Crippen molar-refractivity contribution in [3.63, 3.8) is 0 Å². The average molecular weight is 533 g/mol. The van der Waals surface area contributed by atoms with E-state index in [-0.39, 0.29) is 12.6 Å². The van der Waals surface area contributed by atoms with E-state index in [1.807, 2.05) is 36.4 Å². The van der Waals surface area contributed by atoms with Crippen LogP contribution in [-0.2, 0) is 0 Å². The minimum atomic E-state index is -0.885. The molecule has 1 aliphatic heterocycles. The maximum atomic E-state index is 10.8. The van der Waals surface area contributed by atoms with Crippen LogP contribution in [0, 0.1) is 11.8 Å². The lowest BCUT2D eigenvalue weighted by atomic mass is 9.96. The van der Waals surface area contributed by atoms with E-state index in [4.69, 9.17) is 22.1 Å². The van der Waals surface area contributed by atoms with Crippen molar-refractivity contribution < 1.29 is 14.7 Å². The van der Waals surface area contributed by atoms with Gasteiger partial charge >= 0.3 is 6.03 Å². The van der Waals surface area contributed by atoms with Crippen molar-refractivity contribution in [2.24, 2.45) is 5.73 Å². The van der Waals surface area contributed by atoms with Crippen LogP contribution in [0.3, 0.4) is 0 Å². The van der Waals surface area contributed by atoms with Crippen LogP contribution in [0.25, 0.3) is 0 Å². The second kappa shape index (κ2) is 13.8. The van der Waals surface area contributed by atoms with Gasteiger partial charge < -0.3 is 10.5 Å². The number of carbonyl (C=O) groups excluding carboxylic acids is 1. The molecule has 4 rings (SSSR count). The van der Waals surface area contributed by atoms with Gasteiger partial charge in [-0.25, -0.2) is 9.86 Å². The number of benzene rings is 3. The first-order valence-electron chi connectivity index (χ1n) is 12.7. The van der Waals surface area contributed by atoms with Gasteiger partial charge in [0, 0.05) is 49.7 Å². The summed E-state index contributed by atoms with van der Waals surface area (Å²) < 4.78 is 5.96. The number of nitrogens with zero attached hydrogens (tertiary/aromatic N) is 3. The number of primary amides is 1. The Balaban J connectivity index is 1.23. The molecular weight excluding hydrogens is 500 g/mol. The molecular formula is C30H33ClN4O3. The normalized spacial score (nSPS) is 14.8. The fourth-order valence-electron chi connectivity index (χ4n) is 4.50. The van der Waals surface area contributed by atoms with Crippen LogP contribution in [-0.4, -0.2) is 72.0 Å². The van der Waals surface area contributed by atoms with Gasteiger partial charge in [-0.1, -0.05) is 65.9 Å². The summed E-state index contributed by atoms with van der Waals surface area (Å²) in [6.07, 6.45) is 0.330. The second-order valence-electron chi connectivity index (χ2n) is 9.13. The number of urea groups is 1. The predicted octanol–water partition coefficient (Wildman–Crippen LogP) is 4.64. The molecule has 198 valence electrons. The largest absolute Gasteiger partial charge is 0.492 e. The van der Waals surface area contributed by atoms with Crippen LogP contribution >= 0.6 is 11.6 Å². The SMILES string of the molecule is NC(=O)N(O)CCC#Cc1ccc(OCCN2CCN(C(c3ccccc3)c3ccc(Cl)cc3)CC2)cc1. The summed E-state index contributed by atoms with van der Waals surface area (Å²) in [5.74, 6) is 6.71. The van der Waals surface area contributed by atoms with Crippen molar-refractivity contribution in [2.45, 2.75) is 12.5 Å². The molecule has 1 saturated heterocycles. The zero-order valence-corrected chi connectivity index (χ0v) is 22.1. The number of hydroxylamine groups is 2. The molecule has 1 fully saturated rings. The van der Waals surface area contributed by atoms with Crippen LogP contribution in [0.2, 0.25) is 5.02 Å². The molecule has 0 saturated carbocycles. The standard InChI is InChI=1S/C30H33ClN4O3/c31-27-13-11-26(12-14-27)29(25-7-2-1-3-8-25)34-20-18-33(19-21-34)22-23-38-28-15-9-24(10-16-28)6-4-5-17-35(37)30(32)36/h1-3,7-16,29,37H,5,17-23H2,(H2,32,36). The molecule has 3 aromatic carbocycles. The molecule has 1 unspecified atom stereocenters. The summed E-state index contributed by atoms with van der Waals surface area (Å²) >= 11 is 6.15. The first-order chi connectivity index (χ1) is 18.5. The number of ether oxygens (including phenoxy) is 1. The van der Waals surface area contributed by atoms with Crippen LogP contribution in [0.4, 0.5) is 4.79 Å². The number of amides is 2. The van der Waals surface area contributed by atoms with E-state index in [2.05, 4.69) is 64.1 Å². The van der Waals surface area contributed by atoms with Gasteiger partial charge in [-0.05, 0) is 47.5 Å². The molecule has 38 heavy (non-hydrogen) atoms. The quantitative estimate of drug-likeness (QED) is 0.238. The minimum Gasteiger partial charge on any atom is -0.492 e. The molecule has 0 aliphatic carbocycles. The van der Waals surface area contributed by atoms with E-state index in [0.717, 1.165) is 49.1 Å². The zero-order valence-electron chi connectivity index (χ0n) is 21.3. The van der Waals surface area contributed by atoms with Crippen LogP contribution < -0.4 is 10.5 Å². The van der Waals surface area contributed by atoms with E-state index in [0.29, 0.717) is 18.1 Å². The summed E-state index contributed by atoms with van der Waals surface area (Å²) in [6.45, 7) is 5.47. The average Bonchev–Trinajstić information content (AvgIpc) is 2.94. The van der Waals surface area contributed by atoms with Crippen LogP contribution in [0.5, 0.6) is 5.75 Å². The molecule has 3 N–H and O–H groups in total. The van der Waals surface area contributed by atoms with Crippen LogP contribution in [0.1, 0.15) is 29.2 Å². The lowest BCUT2D eigenvalue weighted by molar-refractivity contribution is -0.0372. The molecule has 3 aromatic rings. The summed E-state index contributed by atoms with van der Waals surface area (Å²) in [6, 6.07) is 25.8. The smallest absolute Gasteiger partial charge is 0.338 e. The molecule has 0 aromatic heterocycles. The van der Waals surface area contributed by atoms with Gasteiger partial charge in [0.2, 0.25) is 0 Å². The molecule has 8 heteroatoms. The van der Waals surface area contributed by atoms with Gasteiger partial charge in [-0.2, -0.15) is 0 Å². The monoisotopic (exact) mass is 532 g/mol. The lowest BCUT2D eigenvalue weighted by Gasteiger charge is -2.39. The Morgan fingerprint density at radius 3 is 2.29 bits per heavy atom. The highest BCUT2D eigenvalue weighted by Crippen LogP contribution is 2.30. The van der Waals surface area contributed by atoms with Gasteiger partial charge in [0.1, 0.15) is 12.4 Å². The molecule has 1 atom stereocenters. The Labute approximate surface area is 229 Å². The van der Waals surface area contributed by atoms with Gasteiger partial charge in [-0.15, -0.1) is 0 Å². The lowest BCUT2D eigenvalue weighted by Crippen LogP contribution is -2.48. The highest BCUT2D eigenvalue weighted by atomic mass is 35.5. The Morgan fingerprint density at radius 2 is 1.63 bits per heavy atom. The molecule has 2 amide bonds. The van der Waals surface area contributed by atoms with Crippen LogP contribution in [0.15, 0.2) is 78.9 Å². The molecule has 1 aliphatic rings. The van der Waals surface area contributed by atoms with Crippen molar-refractivity contribution in [3.05, 3.63) is 101 Å². The number of hydrogen-bond acceptors (Lipinski definition) is 5. The van der Waals surface area contributed by atoms with Crippen molar-refractivity contribution in [3.8, 4) is 17.6 Å². The molecule has 0 bridgehead atoms. The number of hydrogen-bond donors (Lipinski definition) is 2. The number of piperazine rings is 1. The fourth-order valence-corrected chi connectivity index (χ4v) is 4.63. The van der Waals surface area contributed by atoms with Crippen molar-refractivity contribution in [1.29, 1.82) is 0 Å². The van der Waals surface area contributed by atoms with E-state index in [1.165, 1.54) is 11.1 Å². The summed E-state index contributed by atoms with van der Waals surface area (Å²) in [5, 5.41) is 10.4. The highest BCUT2D eigenvalue weighted by molar-refractivity contribution is 6.30. The van der Waals surface area contributed by atoms with E-state index < -0.39 is 6.03 Å². The number of rotatable bonds is 9. The fraction of sp³-hybridized carbons (Fsp3) is 0.300. The number of nitrogens with two attached hydrogens (primary N) is 1. The van der Waals surface area contributed by atoms with E-state index in [9.17, 15) is 10.0 Å². The third-order valence-electron chi connectivity index (χ3n) is 6.54. The maximum absolute atomic E-state index is 10.8. The van der Waals surface area contributed by atoms with Gasteiger partial charge in [0.25, 0.3) is 0 Å². The predicted molar refractivity (Wildman–Crippen MR) is 149 cm³/mol. The Kier molecular flexibility index (Phi) is 10.0. The molecule has 7 nitrogen and oxygen atoms in total. The Hall–Kier alpha value is -3.54. The molecule has 1 heterocycles. The maximum Gasteiger partial charge on any atom is 0.338 e. The summed E-state index contributed by atoms with van der Waals surface area (Å²) in [7, 11) is 0. The van der Waals surface area contributed by atoms with Gasteiger partial charge in [0.05, 0.1) is 12.6 Å². The minimum absolute atomic E-state index is 0.0752. The van der Waals surface area contributed by atoms with E-state index in [1.54, 1.807) is 0 Å². The molecule has 0 radical (unpaired) electrons. The third kappa shape index (κ3) is 7.98. The zero-order chi connectivity index (χ0) is 26.7.